The van der Waals surface area contributed by atoms with Crippen molar-refractivity contribution in [1.82, 2.24) is 0 Å². The summed E-state index contributed by atoms with van der Waals surface area (Å²) in [5, 5.41) is 0. The van der Waals surface area contributed by atoms with Crippen molar-refractivity contribution < 1.29 is 33.3 Å². The number of carbonyl (C=O) groups excluding carboxylic acids is 3. The van der Waals surface area contributed by atoms with Crippen molar-refractivity contribution in [1.29, 1.82) is 0 Å². The first-order valence-corrected chi connectivity index (χ1v) is 7.04. The Hall–Kier alpha value is -1.89. The average molecular weight is 314 g/mol. The summed E-state index contributed by atoms with van der Waals surface area (Å²) >= 11 is 0. The predicted molar refractivity (Wildman–Crippen MR) is 75.8 cm³/mol. The van der Waals surface area contributed by atoms with E-state index in [9.17, 15) is 14.4 Å². The van der Waals surface area contributed by atoms with Gasteiger partial charge >= 0.3 is 17.9 Å². The average Bonchev–Trinajstić information content (AvgIpc) is 2.37. The van der Waals surface area contributed by atoms with Gasteiger partial charge in [0, 0.05) is 20.8 Å². The summed E-state index contributed by atoms with van der Waals surface area (Å²) in [5.41, 5.74) is 0. The highest BCUT2D eigenvalue weighted by molar-refractivity contribution is 5.68. The molecule has 7 nitrogen and oxygen atoms in total. The maximum atomic E-state index is 11.4. The molecule has 0 aromatic rings. The van der Waals surface area contributed by atoms with Crippen molar-refractivity contribution in [2.24, 2.45) is 0 Å². The van der Waals surface area contributed by atoms with Crippen LogP contribution in [-0.2, 0) is 33.3 Å². The molecule has 22 heavy (non-hydrogen) atoms. The number of esters is 3. The van der Waals surface area contributed by atoms with Gasteiger partial charge in [-0.1, -0.05) is 6.08 Å². The van der Waals surface area contributed by atoms with Crippen LogP contribution >= 0.6 is 0 Å². The fraction of sp³-hybridized carbons (Fsp3) is 0.667. The van der Waals surface area contributed by atoms with Crippen LogP contribution in [-0.4, -0.2) is 48.4 Å². The SMILES string of the molecule is C=CC[C@H]1O[C@@H](C)[C@@H](OC(C)=O)[C@@H](OC(C)=O)[C@@H]1OC(C)=O. The zero-order valence-electron chi connectivity index (χ0n) is 13.2. The molecule has 1 saturated heterocycles. The van der Waals surface area contributed by atoms with Crippen molar-refractivity contribution >= 4 is 17.9 Å². The molecule has 1 rings (SSSR count). The molecule has 5 atom stereocenters. The van der Waals surface area contributed by atoms with Gasteiger partial charge in [0.05, 0.1) is 6.10 Å². The van der Waals surface area contributed by atoms with Gasteiger partial charge in [0.25, 0.3) is 0 Å². The molecule has 0 radical (unpaired) electrons. The van der Waals surface area contributed by atoms with Gasteiger partial charge in [-0.15, -0.1) is 6.58 Å². The van der Waals surface area contributed by atoms with Gasteiger partial charge in [-0.05, 0) is 13.3 Å². The normalized spacial score (nSPS) is 31.0. The van der Waals surface area contributed by atoms with E-state index < -0.39 is 48.4 Å². The summed E-state index contributed by atoms with van der Waals surface area (Å²) in [4.78, 5) is 34.0. The summed E-state index contributed by atoms with van der Waals surface area (Å²) in [5.74, 6) is -1.65. The summed E-state index contributed by atoms with van der Waals surface area (Å²) in [7, 11) is 0. The molecule has 124 valence electrons. The fourth-order valence-electron chi connectivity index (χ4n) is 2.47. The van der Waals surface area contributed by atoms with E-state index in [4.69, 9.17) is 18.9 Å². The number of hydrogen-bond donors (Lipinski definition) is 0. The minimum atomic E-state index is -0.931. The highest BCUT2D eigenvalue weighted by atomic mass is 16.6. The van der Waals surface area contributed by atoms with Crippen LogP contribution in [0.15, 0.2) is 12.7 Å². The van der Waals surface area contributed by atoms with Crippen LogP contribution in [0.25, 0.3) is 0 Å². The van der Waals surface area contributed by atoms with Crippen molar-refractivity contribution in [3.8, 4) is 0 Å². The van der Waals surface area contributed by atoms with Crippen LogP contribution < -0.4 is 0 Å². The first-order chi connectivity index (χ1) is 10.3. The maximum Gasteiger partial charge on any atom is 0.303 e. The minimum absolute atomic E-state index is 0.396. The van der Waals surface area contributed by atoms with E-state index in [1.807, 2.05) is 0 Å². The maximum absolute atomic E-state index is 11.4. The Morgan fingerprint density at radius 2 is 1.41 bits per heavy atom. The Morgan fingerprint density at radius 3 is 1.86 bits per heavy atom. The molecule has 1 aliphatic heterocycles. The topological polar surface area (TPSA) is 88.1 Å². The zero-order valence-corrected chi connectivity index (χ0v) is 13.2. The second kappa shape index (κ2) is 7.93. The lowest BCUT2D eigenvalue weighted by Crippen LogP contribution is -2.60. The highest BCUT2D eigenvalue weighted by Gasteiger charge is 2.49. The summed E-state index contributed by atoms with van der Waals surface area (Å²) in [6.07, 6.45) is -1.71. The molecule has 0 spiro atoms. The van der Waals surface area contributed by atoms with Crippen LogP contribution in [0.5, 0.6) is 0 Å². The number of ether oxygens (including phenoxy) is 4. The molecule has 1 aliphatic rings. The Morgan fingerprint density at radius 1 is 0.955 bits per heavy atom. The van der Waals surface area contributed by atoms with Crippen LogP contribution in [0.2, 0.25) is 0 Å². The van der Waals surface area contributed by atoms with Gasteiger partial charge in [-0.3, -0.25) is 14.4 Å². The van der Waals surface area contributed by atoms with Gasteiger partial charge in [0.2, 0.25) is 0 Å². The van der Waals surface area contributed by atoms with Gasteiger partial charge in [-0.2, -0.15) is 0 Å². The Balaban J connectivity index is 3.12. The summed E-state index contributed by atoms with van der Waals surface area (Å²) < 4.78 is 21.5. The van der Waals surface area contributed by atoms with Gasteiger partial charge in [0.1, 0.15) is 6.10 Å². The Labute approximate surface area is 129 Å². The standard InChI is InChI=1S/C15H22O7/c1-6-7-12-14(21-10(4)17)15(22-11(5)18)13(8(2)19-12)20-9(3)16/h6,8,12-15H,1,7H2,2-5H3/t8-,12+,13+,14+,15+/m0/s1. The molecule has 0 unspecified atom stereocenters. The predicted octanol–water partition coefficient (Wildman–Crippen LogP) is 1.14. The van der Waals surface area contributed by atoms with Crippen molar-refractivity contribution in [3.63, 3.8) is 0 Å². The molecule has 7 heteroatoms. The van der Waals surface area contributed by atoms with Crippen LogP contribution in [0.3, 0.4) is 0 Å². The third kappa shape index (κ3) is 4.84. The molecule has 0 aromatic carbocycles. The molecular weight excluding hydrogens is 292 g/mol. The summed E-state index contributed by atoms with van der Waals surface area (Å²) in [6.45, 7) is 9.06. The summed E-state index contributed by atoms with van der Waals surface area (Å²) in [6, 6.07) is 0. The molecule has 0 N–H and O–H groups in total. The molecule has 0 amide bonds. The largest absolute Gasteiger partial charge is 0.456 e. The quantitative estimate of drug-likeness (QED) is 0.427. The first kappa shape index (κ1) is 18.2. The lowest BCUT2D eigenvalue weighted by molar-refractivity contribution is -0.242. The fourth-order valence-corrected chi connectivity index (χ4v) is 2.47. The van der Waals surface area contributed by atoms with E-state index in [1.54, 1.807) is 13.0 Å². The lowest BCUT2D eigenvalue weighted by atomic mass is 9.93. The van der Waals surface area contributed by atoms with Crippen LogP contribution in [0.1, 0.15) is 34.1 Å². The van der Waals surface area contributed by atoms with E-state index in [1.165, 1.54) is 20.8 Å². The van der Waals surface area contributed by atoms with E-state index in [0.717, 1.165) is 0 Å². The van der Waals surface area contributed by atoms with Gasteiger partial charge in [-0.25, -0.2) is 0 Å². The second-order valence-corrected chi connectivity index (χ2v) is 5.13. The zero-order chi connectivity index (χ0) is 16.9. The lowest BCUT2D eigenvalue weighted by Gasteiger charge is -2.43. The highest BCUT2D eigenvalue weighted by Crippen LogP contribution is 2.30. The smallest absolute Gasteiger partial charge is 0.303 e. The van der Waals surface area contributed by atoms with Crippen LogP contribution in [0, 0.1) is 0 Å². The van der Waals surface area contributed by atoms with E-state index in [2.05, 4.69) is 6.58 Å². The van der Waals surface area contributed by atoms with Crippen molar-refractivity contribution in [3.05, 3.63) is 12.7 Å². The van der Waals surface area contributed by atoms with Crippen molar-refractivity contribution in [2.45, 2.75) is 64.6 Å². The molecule has 0 aromatic heterocycles. The number of hydrogen-bond acceptors (Lipinski definition) is 7. The van der Waals surface area contributed by atoms with E-state index in [-0.39, 0.29) is 0 Å². The Kier molecular flexibility index (Phi) is 6.55. The molecule has 1 heterocycles. The third-order valence-corrected chi connectivity index (χ3v) is 3.17. The third-order valence-electron chi connectivity index (χ3n) is 3.17. The first-order valence-electron chi connectivity index (χ1n) is 7.04. The molecule has 0 saturated carbocycles. The second-order valence-electron chi connectivity index (χ2n) is 5.13. The van der Waals surface area contributed by atoms with Crippen molar-refractivity contribution in [2.75, 3.05) is 0 Å². The van der Waals surface area contributed by atoms with Gasteiger partial charge in [0.15, 0.2) is 18.3 Å². The molecule has 0 aliphatic carbocycles. The number of rotatable bonds is 5. The molecule has 0 bridgehead atoms. The van der Waals surface area contributed by atoms with Gasteiger partial charge < -0.3 is 18.9 Å². The Bertz CT molecular complexity index is 445. The van der Waals surface area contributed by atoms with E-state index in [0.29, 0.717) is 6.42 Å². The monoisotopic (exact) mass is 314 g/mol. The number of carbonyl (C=O) groups is 3. The van der Waals surface area contributed by atoms with Crippen LogP contribution in [0.4, 0.5) is 0 Å². The molecule has 1 fully saturated rings. The minimum Gasteiger partial charge on any atom is -0.456 e. The molecular formula is C15H22O7. The van der Waals surface area contributed by atoms with E-state index >= 15 is 0 Å².